The van der Waals surface area contributed by atoms with Crippen LogP contribution in [-0.4, -0.2) is 29.3 Å². The molecular weight excluding hydrogens is 354 g/mol. The van der Waals surface area contributed by atoms with E-state index in [4.69, 9.17) is 11.6 Å². The van der Waals surface area contributed by atoms with Crippen molar-refractivity contribution in [3.05, 3.63) is 70.7 Å². The smallest absolute Gasteiger partial charge is 0.325 e. The van der Waals surface area contributed by atoms with Crippen LogP contribution in [0.4, 0.5) is 4.79 Å². The second-order valence-electron chi connectivity index (χ2n) is 6.22. The fourth-order valence-corrected chi connectivity index (χ4v) is 2.94. The molecule has 1 fully saturated rings. The Kier molecular flexibility index (Phi) is 4.95. The van der Waals surface area contributed by atoms with Crippen molar-refractivity contribution < 1.29 is 14.4 Å². The molecule has 7 heteroatoms. The molecule has 1 heterocycles. The summed E-state index contributed by atoms with van der Waals surface area (Å²) in [7, 11) is 0. The van der Waals surface area contributed by atoms with Crippen LogP contribution in [0.2, 0.25) is 5.02 Å². The van der Waals surface area contributed by atoms with Crippen LogP contribution in [0.25, 0.3) is 0 Å². The minimum atomic E-state index is -1.22. The molecule has 1 aliphatic heterocycles. The summed E-state index contributed by atoms with van der Waals surface area (Å²) in [4.78, 5) is 38.1. The molecule has 2 N–H and O–H groups in total. The molecule has 4 amide bonds. The van der Waals surface area contributed by atoms with Gasteiger partial charge in [-0.1, -0.05) is 54.1 Å². The zero-order valence-electron chi connectivity index (χ0n) is 14.2. The third kappa shape index (κ3) is 3.55. The van der Waals surface area contributed by atoms with Gasteiger partial charge < -0.3 is 10.6 Å². The Bertz CT molecular complexity index is 839. The molecule has 1 aliphatic rings. The van der Waals surface area contributed by atoms with Crippen LogP contribution in [0.1, 0.15) is 18.1 Å². The highest BCUT2D eigenvalue weighted by Crippen LogP contribution is 2.29. The molecule has 1 atom stereocenters. The van der Waals surface area contributed by atoms with Gasteiger partial charge in [-0.15, -0.1) is 0 Å². The highest BCUT2D eigenvalue weighted by atomic mass is 35.5. The first-order valence-electron chi connectivity index (χ1n) is 8.11. The Morgan fingerprint density at radius 3 is 2.42 bits per heavy atom. The van der Waals surface area contributed by atoms with Crippen LogP contribution in [0.5, 0.6) is 0 Å². The molecule has 26 heavy (non-hydrogen) atoms. The minimum absolute atomic E-state index is 0.331. The van der Waals surface area contributed by atoms with E-state index in [0.29, 0.717) is 17.1 Å². The maximum atomic E-state index is 12.8. The Morgan fingerprint density at radius 2 is 1.77 bits per heavy atom. The van der Waals surface area contributed by atoms with Crippen molar-refractivity contribution >= 4 is 29.4 Å². The van der Waals surface area contributed by atoms with Gasteiger partial charge in [0, 0.05) is 11.6 Å². The first-order valence-corrected chi connectivity index (χ1v) is 8.49. The Hall–Kier alpha value is -2.86. The van der Waals surface area contributed by atoms with Crippen molar-refractivity contribution in [3.8, 4) is 0 Å². The number of nitrogens with one attached hydrogen (secondary N) is 2. The number of hydrogen-bond donors (Lipinski definition) is 2. The normalized spacial score (nSPS) is 19.4. The highest BCUT2D eigenvalue weighted by molar-refractivity contribution is 6.30. The van der Waals surface area contributed by atoms with E-state index < -0.39 is 23.4 Å². The zero-order chi connectivity index (χ0) is 18.7. The van der Waals surface area contributed by atoms with E-state index in [-0.39, 0.29) is 6.54 Å². The summed E-state index contributed by atoms with van der Waals surface area (Å²) in [6, 6.07) is 15.5. The molecule has 3 rings (SSSR count). The van der Waals surface area contributed by atoms with E-state index >= 15 is 0 Å². The van der Waals surface area contributed by atoms with E-state index in [0.717, 1.165) is 10.5 Å². The summed E-state index contributed by atoms with van der Waals surface area (Å²) >= 11 is 5.88. The second-order valence-corrected chi connectivity index (χ2v) is 6.65. The van der Waals surface area contributed by atoms with Gasteiger partial charge in [0.05, 0.1) is 0 Å². The predicted molar refractivity (Wildman–Crippen MR) is 97.3 cm³/mol. The third-order valence-corrected chi connectivity index (χ3v) is 4.58. The van der Waals surface area contributed by atoms with Gasteiger partial charge in [0.15, 0.2) is 0 Å². The van der Waals surface area contributed by atoms with Gasteiger partial charge in [-0.2, -0.15) is 0 Å². The first-order chi connectivity index (χ1) is 12.4. The van der Waals surface area contributed by atoms with Gasteiger partial charge in [-0.3, -0.25) is 14.5 Å². The Labute approximate surface area is 156 Å². The van der Waals surface area contributed by atoms with Crippen LogP contribution in [0.15, 0.2) is 54.6 Å². The summed E-state index contributed by atoms with van der Waals surface area (Å²) in [6.45, 7) is 1.61. The lowest BCUT2D eigenvalue weighted by Crippen LogP contribution is -2.43. The van der Waals surface area contributed by atoms with Crippen molar-refractivity contribution in [1.29, 1.82) is 0 Å². The topological polar surface area (TPSA) is 78.5 Å². The largest absolute Gasteiger partial charge is 0.350 e. The van der Waals surface area contributed by atoms with Crippen molar-refractivity contribution in [2.75, 3.05) is 6.54 Å². The monoisotopic (exact) mass is 371 g/mol. The van der Waals surface area contributed by atoms with Gasteiger partial charge in [0.1, 0.15) is 12.1 Å². The number of carbonyl (C=O) groups is 3. The molecule has 0 aliphatic carbocycles. The Balaban J connectivity index is 1.67. The first kappa shape index (κ1) is 17.9. The molecule has 1 unspecified atom stereocenters. The fraction of sp³-hybridized carbons (Fsp3) is 0.211. The summed E-state index contributed by atoms with van der Waals surface area (Å²) in [5.74, 6) is -0.877. The van der Waals surface area contributed by atoms with Gasteiger partial charge in [0.2, 0.25) is 5.91 Å². The molecule has 0 aromatic heterocycles. The van der Waals surface area contributed by atoms with E-state index in [2.05, 4.69) is 10.6 Å². The summed E-state index contributed by atoms with van der Waals surface area (Å²) in [6.07, 6.45) is 0. The van der Waals surface area contributed by atoms with Crippen LogP contribution in [-0.2, 0) is 21.7 Å². The standard InChI is InChI=1S/C19H18ClN3O3/c1-19(14-7-9-15(20)10-8-14)17(25)23(18(26)22-19)12-16(24)21-11-13-5-3-2-4-6-13/h2-10H,11-12H2,1H3,(H,21,24)(H,22,26). The summed E-state index contributed by atoms with van der Waals surface area (Å²) in [5, 5.41) is 5.90. The van der Waals surface area contributed by atoms with Crippen LogP contribution in [0, 0.1) is 0 Å². The molecule has 1 saturated heterocycles. The highest BCUT2D eigenvalue weighted by Gasteiger charge is 2.49. The fourth-order valence-electron chi connectivity index (χ4n) is 2.82. The second kappa shape index (κ2) is 7.17. The molecule has 0 radical (unpaired) electrons. The average Bonchev–Trinajstić information content (AvgIpc) is 2.85. The lowest BCUT2D eigenvalue weighted by atomic mass is 9.92. The van der Waals surface area contributed by atoms with E-state index in [1.54, 1.807) is 31.2 Å². The van der Waals surface area contributed by atoms with Crippen molar-refractivity contribution in [1.82, 2.24) is 15.5 Å². The van der Waals surface area contributed by atoms with Crippen molar-refractivity contribution in [2.45, 2.75) is 19.0 Å². The SMILES string of the molecule is CC1(c2ccc(Cl)cc2)NC(=O)N(CC(=O)NCc2ccccc2)C1=O. The van der Waals surface area contributed by atoms with E-state index in [1.165, 1.54) is 0 Å². The number of rotatable bonds is 5. The third-order valence-electron chi connectivity index (χ3n) is 4.33. The molecule has 134 valence electrons. The quantitative estimate of drug-likeness (QED) is 0.792. The molecule has 0 bridgehead atoms. The number of nitrogens with zero attached hydrogens (tertiary/aromatic N) is 1. The summed E-state index contributed by atoms with van der Waals surface area (Å²) in [5.41, 5.74) is 0.318. The molecular formula is C19H18ClN3O3. The van der Waals surface area contributed by atoms with Gasteiger partial charge in [-0.05, 0) is 30.2 Å². The molecule has 0 saturated carbocycles. The van der Waals surface area contributed by atoms with Crippen molar-refractivity contribution in [2.24, 2.45) is 0 Å². The minimum Gasteiger partial charge on any atom is -0.350 e. The molecule has 6 nitrogen and oxygen atoms in total. The number of benzene rings is 2. The van der Waals surface area contributed by atoms with Gasteiger partial charge in [0.25, 0.3) is 5.91 Å². The van der Waals surface area contributed by atoms with Gasteiger partial charge in [-0.25, -0.2) is 4.79 Å². The molecule has 0 spiro atoms. The number of imide groups is 1. The molecule has 2 aromatic carbocycles. The maximum Gasteiger partial charge on any atom is 0.325 e. The Morgan fingerprint density at radius 1 is 1.12 bits per heavy atom. The number of urea groups is 1. The maximum absolute atomic E-state index is 12.8. The van der Waals surface area contributed by atoms with E-state index in [9.17, 15) is 14.4 Å². The zero-order valence-corrected chi connectivity index (χ0v) is 14.9. The van der Waals surface area contributed by atoms with Crippen LogP contribution < -0.4 is 10.6 Å². The lowest BCUT2D eigenvalue weighted by Gasteiger charge is -2.22. The number of amides is 4. The van der Waals surface area contributed by atoms with Crippen LogP contribution in [0.3, 0.4) is 0 Å². The number of halogens is 1. The number of hydrogen-bond acceptors (Lipinski definition) is 3. The van der Waals surface area contributed by atoms with E-state index in [1.807, 2.05) is 30.3 Å². The average molecular weight is 372 g/mol. The number of carbonyl (C=O) groups excluding carboxylic acids is 3. The summed E-state index contributed by atoms with van der Waals surface area (Å²) < 4.78 is 0. The van der Waals surface area contributed by atoms with Crippen molar-refractivity contribution in [3.63, 3.8) is 0 Å². The van der Waals surface area contributed by atoms with Crippen LogP contribution >= 0.6 is 11.6 Å². The van der Waals surface area contributed by atoms with Gasteiger partial charge >= 0.3 is 6.03 Å². The molecule has 2 aromatic rings. The lowest BCUT2D eigenvalue weighted by molar-refractivity contribution is -0.134. The predicted octanol–water partition coefficient (Wildman–Crippen LogP) is 2.42.